The van der Waals surface area contributed by atoms with Crippen LogP contribution in [0.3, 0.4) is 0 Å². The molecule has 1 saturated carbocycles. The lowest BCUT2D eigenvalue weighted by atomic mass is 9.88. The summed E-state index contributed by atoms with van der Waals surface area (Å²) in [5.41, 5.74) is 1.96. The standard InChI is InChI=1S/C22H36N2O2/c1-5-24(17(2)3)16-19-10-12-20(13-11-19)22(25)23-14-15-26-21-9-7-6-8-18(21)4/h10-13,17-18,21H,5-9,14-16H2,1-4H3,(H,23,25). The summed E-state index contributed by atoms with van der Waals surface area (Å²) in [5, 5.41) is 2.97. The number of nitrogens with zero attached hydrogens (tertiary/aromatic N) is 1. The van der Waals surface area contributed by atoms with E-state index in [2.05, 4.69) is 50.0 Å². The Morgan fingerprint density at radius 2 is 1.92 bits per heavy atom. The number of rotatable bonds is 9. The summed E-state index contributed by atoms with van der Waals surface area (Å²) in [7, 11) is 0. The number of hydrogen-bond donors (Lipinski definition) is 1. The normalized spacial score (nSPS) is 20.5. The molecule has 0 spiro atoms. The van der Waals surface area contributed by atoms with Gasteiger partial charge in [-0.2, -0.15) is 0 Å². The molecule has 0 bridgehead atoms. The summed E-state index contributed by atoms with van der Waals surface area (Å²) in [6.07, 6.45) is 5.36. The van der Waals surface area contributed by atoms with Crippen molar-refractivity contribution in [2.45, 2.75) is 72.1 Å². The second kappa shape index (κ2) is 10.7. The van der Waals surface area contributed by atoms with Crippen molar-refractivity contribution in [3.8, 4) is 0 Å². The lowest BCUT2D eigenvalue weighted by Crippen LogP contribution is -2.32. The highest BCUT2D eigenvalue weighted by atomic mass is 16.5. The largest absolute Gasteiger partial charge is 0.376 e. The van der Waals surface area contributed by atoms with Crippen LogP contribution in [0.5, 0.6) is 0 Å². The van der Waals surface area contributed by atoms with Crippen molar-refractivity contribution in [2.24, 2.45) is 5.92 Å². The van der Waals surface area contributed by atoms with Gasteiger partial charge in [0.1, 0.15) is 0 Å². The van der Waals surface area contributed by atoms with E-state index < -0.39 is 0 Å². The van der Waals surface area contributed by atoms with Gasteiger partial charge in [-0.15, -0.1) is 0 Å². The lowest BCUT2D eigenvalue weighted by Gasteiger charge is -2.28. The second-order valence-corrected chi connectivity index (χ2v) is 7.78. The van der Waals surface area contributed by atoms with Crippen molar-refractivity contribution in [1.29, 1.82) is 0 Å². The quantitative estimate of drug-likeness (QED) is 0.670. The van der Waals surface area contributed by atoms with E-state index in [0.717, 1.165) is 19.5 Å². The van der Waals surface area contributed by atoms with Crippen LogP contribution in [0.25, 0.3) is 0 Å². The molecule has 4 heteroatoms. The molecule has 0 aliphatic heterocycles. The summed E-state index contributed by atoms with van der Waals surface area (Å²) in [5.74, 6) is 0.619. The van der Waals surface area contributed by atoms with Gasteiger partial charge in [-0.1, -0.05) is 38.8 Å². The molecule has 2 rings (SSSR count). The van der Waals surface area contributed by atoms with Gasteiger partial charge in [-0.25, -0.2) is 0 Å². The zero-order valence-electron chi connectivity index (χ0n) is 17.0. The number of nitrogens with one attached hydrogen (secondary N) is 1. The Bertz CT molecular complexity index is 542. The molecule has 0 aromatic heterocycles. The summed E-state index contributed by atoms with van der Waals surface area (Å²) in [6, 6.07) is 8.47. The Balaban J connectivity index is 1.73. The summed E-state index contributed by atoms with van der Waals surface area (Å²) >= 11 is 0. The Labute approximate surface area is 159 Å². The van der Waals surface area contributed by atoms with Crippen molar-refractivity contribution in [1.82, 2.24) is 10.2 Å². The van der Waals surface area contributed by atoms with Crippen LogP contribution in [0.15, 0.2) is 24.3 Å². The summed E-state index contributed by atoms with van der Waals surface area (Å²) < 4.78 is 5.96. The number of carbonyl (C=O) groups is 1. The van der Waals surface area contributed by atoms with Gasteiger partial charge in [0.15, 0.2) is 0 Å². The third kappa shape index (κ3) is 6.40. The maximum atomic E-state index is 12.3. The molecule has 1 N–H and O–H groups in total. The van der Waals surface area contributed by atoms with Gasteiger partial charge >= 0.3 is 0 Å². The van der Waals surface area contributed by atoms with Crippen molar-refractivity contribution in [3.05, 3.63) is 35.4 Å². The number of amides is 1. The molecular weight excluding hydrogens is 324 g/mol. The maximum Gasteiger partial charge on any atom is 0.251 e. The predicted molar refractivity (Wildman–Crippen MR) is 107 cm³/mol. The van der Waals surface area contributed by atoms with Crippen molar-refractivity contribution >= 4 is 5.91 Å². The van der Waals surface area contributed by atoms with Gasteiger partial charge < -0.3 is 10.1 Å². The molecule has 4 nitrogen and oxygen atoms in total. The first kappa shape index (κ1) is 20.9. The number of carbonyl (C=O) groups excluding carboxylic acids is 1. The van der Waals surface area contributed by atoms with E-state index in [1.807, 2.05) is 12.1 Å². The Kier molecular flexibility index (Phi) is 8.60. The average molecular weight is 361 g/mol. The van der Waals surface area contributed by atoms with E-state index in [1.54, 1.807) is 0 Å². The fourth-order valence-electron chi connectivity index (χ4n) is 3.66. The number of hydrogen-bond acceptors (Lipinski definition) is 3. The molecule has 0 heterocycles. The highest BCUT2D eigenvalue weighted by Crippen LogP contribution is 2.25. The fraction of sp³-hybridized carbons (Fsp3) is 0.682. The van der Waals surface area contributed by atoms with Crippen LogP contribution in [0.2, 0.25) is 0 Å². The van der Waals surface area contributed by atoms with Gasteiger partial charge in [-0.3, -0.25) is 9.69 Å². The third-order valence-corrected chi connectivity index (χ3v) is 5.49. The van der Waals surface area contributed by atoms with Gasteiger partial charge in [0.25, 0.3) is 5.91 Å². The second-order valence-electron chi connectivity index (χ2n) is 7.78. The van der Waals surface area contributed by atoms with Crippen molar-refractivity contribution < 1.29 is 9.53 Å². The monoisotopic (exact) mass is 360 g/mol. The van der Waals surface area contributed by atoms with E-state index in [0.29, 0.717) is 36.8 Å². The first-order chi connectivity index (χ1) is 12.5. The zero-order chi connectivity index (χ0) is 18.9. The van der Waals surface area contributed by atoms with Crippen LogP contribution in [0, 0.1) is 5.92 Å². The maximum absolute atomic E-state index is 12.3. The molecule has 2 atom stereocenters. The Morgan fingerprint density at radius 3 is 2.54 bits per heavy atom. The minimum Gasteiger partial charge on any atom is -0.376 e. The topological polar surface area (TPSA) is 41.6 Å². The van der Waals surface area contributed by atoms with E-state index in [1.165, 1.54) is 24.8 Å². The highest BCUT2D eigenvalue weighted by Gasteiger charge is 2.21. The molecule has 1 aliphatic carbocycles. The van der Waals surface area contributed by atoms with Gasteiger partial charge in [0.05, 0.1) is 12.7 Å². The molecule has 0 saturated heterocycles. The van der Waals surface area contributed by atoms with Crippen LogP contribution < -0.4 is 5.32 Å². The number of benzene rings is 1. The molecule has 2 unspecified atom stereocenters. The molecular formula is C22H36N2O2. The summed E-state index contributed by atoms with van der Waals surface area (Å²) in [6.45, 7) is 12.0. The van der Waals surface area contributed by atoms with Crippen LogP contribution in [-0.4, -0.2) is 42.6 Å². The van der Waals surface area contributed by atoms with E-state index in [4.69, 9.17) is 4.74 Å². The number of ether oxygens (including phenoxy) is 1. The van der Waals surface area contributed by atoms with Gasteiger partial charge in [-0.05, 0) is 56.8 Å². The molecule has 1 aromatic rings. The van der Waals surface area contributed by atoms with Crippen molar-refractivity contribution in [3.63, 3.8) is 0 Å². The van der Waals surface area contributed by atoms with E-state index >= 15 is 0 Å². The van der Waals surface area contributed by atoms with Crippen LogP contribution in [-0.2, 0) is 11.3 Å². The predicted octanol–water partition coefficient (Wildman–Crippen LogP) is 4.24. The van der Waals surface area contributed by atoms with E-state index in [9.17, 15) is 4.79 Å². The molecule has 146 valence electrons. The Morgan fingerprint density at radius 1 is 1.23 bits per heavy atom. The van der Waals surface area contributed by atoms with Gasteiger partial charge in [0, 0.05) is 24.7 Å². The van der Waals surface area contributed by atoms with E-state index in [-0.39, 0.29) is 5.91 Å². The Hall–Kier alpha value is -1.39. The molecule has 0 radical (unpaired) electrons. The van der Waals surface area contributed by atoms with Crippen LogP contribution in [0.4, 0.5) is 0 Å². The smallest absolute Gasteiger partial charge is 0.251 e. The molecule has 1 aliphatic rings. The molecule has 1 fully saturated rings. The van der Waals surface area contributed by atoms with Crippen molar-refractivity contribution in [2.75, 3.05) is 19.7 Å². The average Bonchev–Trinajstić information content (AvgIpc) is 2.64. The van der Waals surface area contributed by atoms with Crippen LogP contribution in [0.1, 0.15) is 69.3 Å². The molecule has 26 heavy (non-hydrogen) atoms. The molecule has 1 aromatic carbocycles. The third-order valence-electron chi connectivity index (χ3n) is 5.49. The fourth-order valence-corrected chi connectivity index (χ4v) is 3.66. The first-order valence-electron chi connectivity index (χ1n) is 10.2. The first-order valence-corrected chi connectivity index (χ1v) is 10.2. The minimum atomic E-state index is -0.0203. The van der Waals surface area contributed by atoms with Crippen LogP contribution >= 0.6 is 0 Å². The van der Waals surface area contributed by atoms with Gasteiger partial charge in [0.2, 0.25) is 0 Å². The lowest BCUT2D eigenvalue weighted by molar-refractivity contribution is -0.00293. The SMILES string of the molecule is CCN(Cc1ccc(C(=O)NCCOC2CCCCC2C)cc1)C(C)C. The highest BCUT2D eigenvalue weighted by molar-refractivity contribution is 5.94. The molecule has 1 amide bonds. The minimum absolute atomic E-state index is 0.0203. The summed E-state index contributed by atoms with van der Waals surface area (Å²) in [4.78, 5) is 14.7. The zero-order valence-corrected chi connectivity index (χ0v) is 17.0.